The molecule has 1 amide bonds. The second kappa shape index (κ2) is 6.32. The fourth-order valence-electron chi connectivity index (χ4n) is 2.17. The number of amides is 1. The number of halogens is 3. The molecular weight excluding hydrogens is 412 g/mol. The van der Waals surface area contributed by atoms with Crippen LogP contribution >= 0.6 is 38.5 Å². The summed E-state index contributed by atoms with van der Waals surface area (Å²) in [6.45, 7) is 0. The molecule has 2 nitrogen and oxygen atoms in total. The van der Waals surface area contributed by atoms with E-state index >= 15 is 0 Å². The third-order valence-corrected chi connectivity index (χ3v) is 5.16. The van der Waals surface area contributed by atoms with Gasteiger partial charge in [0, 0.05) is 14.4 Å². The average Bonchev–Trinajstić information content (AvgIpc) is 2.32. The minimum absolute atomic E-state index is 0.115. The Labute approximate surface area is 128 Å². The van der Waals surface area contributed by atoms with Crippen LogP contribution in [0.25, 0.3) is 0 Å². The summed E-state index contributed by atoms with van der Waals surface area (Å²) in [7, 11) is 0. The van der Waals surface area contributed by atoms with E-state index in [0.717, 1.165) is 19.3 Å². The lowest BCUT2D eigenvalue weighted by molar-refractivity contribution is 0.0929. The summed E-state index contributed by atoms with van der Waals surface area (Å²) in [6, 6.07) is 4.41. The van der Waals surface area contributed by atoms with Crippen molar-refractivity contribution < 1.29 is 9.18 Å². The van der Waals surface area contributed by atoms with Gasteiger partial charge in [0.25, 0.3) is 5.91 Å². The SMILES string of the molecule is O=C(NC1CCCCC1Br)c1ccc(F)cc1I. The first-order chi connectivity index (χ1) is 8.58. The van der Waals surface area contributed by atoms with Gasteiger partial charge in [0.15, 0.2) is 0 Å². The van der Waals surface area contributed by atoms with Crippen LogP contribution in [0.1, 0.15) is 36.0 Å². The van der Waals surface area contributed by atoms with Gasteiger partial charge in [0.05, 0.1) is 5.56 Å². The van der Waals surface area contributed by atoms with Crippen LogP contribution in [0.5, 0.6) is 0 Å². The Morgan fingerprint density at radius 3 is 2.78 bits per heavy atom. The summed E-state index contributed by atoms with van der Waals surface area (Å²) < 4.78 is 13.6. The number of hydrogen-bond donors (Lipinski definition) is 1. The molecule has 1 saturated carbocycles. The molecule has 0 radical (unpaired) electrons. The predicted molar refractivity (Wildman–Crippen MR) is 81.6 cm³/mol. The summed E-state index contributed by atoms with van der Waals surface area (Å²) in [4.78, 5) is 12.5. The van der Waals surface area contributed by atoms with E-state index in [1.54, 1.807) is 6.07 Å². The second-order valence-electron chi connectivity index (χ2n) is 4.50. The molecule has 1 N–H and O–H groups in total. The standard InChI is InChI=1S/C13H14BrFINO/c14-10-3-1-2-4-12(10)17-13(18)9-6-5-8(15)7-11(9)16/h5-7,10,12H,1-4H2,(H,17,18). The largest absolute Gasteiger partial charge is 0.348 e. The maximum absolute atomic E-state index is 13.0. The highest BCUT2D eigenvalue weighted by Crippen LogP contribution is 2.25. The number of rotatable bonds is 2. The molecule has 0 heterocycles. The topological polar surface area (TPSA) is 29.1 Å². The van der Waals surface area contributed by atoms with E-state index in [-0.39, 0.29) is 17.8 Å². The maximum atomic E-state index is 13.0. The van der Waals surface area contributed by atoms with Gasteiger partial charge in [-0.3, -0.25) is 4.79 Å². The first kappa shape index (κ1) is 14.2. The molecule has 0 saturated heterocycles. The fourth-order valence-corrected chi connectivity index (χ4v) is 3.61. The van der Waals surface area contributed by atoms with E-state index in [1.165, 1.54) is 18.6 Å². The molecule has 0 bridgehead atoms. The molecule has 1 fully saturated rings. The second-order valence-corrected chi connectivity index (χ2v) is 6.84. The van der Waals surface area contributed by atoms with Crippen molar-refractivity contribution in [3.63, 3.8) is 0 Å². The molecule has 0 aromatic heterocycles. The van der Waals surface area contributed by atoms with Gasteiger partial charge in [-0.15, -0.1) is 0 Å². The van der Waals surface area contributed by atoms with Gasteiger partial charge >= 0.3 is 0 Å². The molecule has 0 aliphatic heterocycles. The van der Waals surface area contributed by atoms with Crippen LogP contribution in [0, 0.1) is 9.39 Å². The lowest BCUT2D eigenvalue weighted by Gasteiger charge is -2.28. The number of carbonyl (C=O) groups is 1. The highest BCUT2D eigenvalue weighted by molar-refractivity contribution is 14.1. The molecular formula is C13H14BrFINO. The number of hydrogen-bond acceptors (Lipinski definition) is 1. The van der Waals surface area contributed by atoms with Crippen LogP contribution < -0.4 is 5.32 Å². The number of nitrogens with one attached hydrogen (secondary N) is 1. The van der Waals surface area contributed by atoms with Gasteiger partial charge in [-0.2, -0.15) is 0 Å². The Morgan fingerprint density at radius 1 is 1.39 bits per heavy atom. The molecule has 5 heteroatoms. The lowest BCUT2D eigenvalue weighted by Crippen LogP contribution is -2.42. The molecule has 2 unspecified atom stereocenters. The van der Waals surface area contributed by atoms with Crippen LogP contribution in [0.2, 0.25) is 0 Å². The summed E-state index contributed by atoms with van der Waals surface area (Å²) in [5, 5.41) is 3.03. The van der Waals surface area contributed by atoms with E-state index < -0.39 is 0 Å². The molecule has 1 aromatic rings. The highest BCUT2D eigenvalue weighted by Gasteiger charge is 2.25. The summed E-state index contributed by atoms with van der Waals surface area (Å²) in [5.74, 6) is -0.428. The Kier molecular flexibility index (Phi) is 5.00. The first-order valence-corrected chi connectivity index (χ1v) is 7.97. The molecule has 1 aliphatic rings. The van der Waals surface area contributed by atoms with Gasteiger partial charge in [-0.25, -0.2) is 4.39 Å². The Morgan fingerprint density at radius 2 is 2.11 bits per heavy atom. The minimum atomic E-state index is -0.313. The smallest absolute Gasteiger partial charge is 0.252 e. The third kappa shape index (κ3) is 3.44. The van der Waals surface area contributed by atoms with E-state index in [9.17, 15) is 9.18 Å². The zero-order valence-corrected chi connectivity index (χ0v) is 13.5. The molecule has 1 aromatic carbocycles. The fraction of sp³-hybridized carbons (Fsp3) is 0.462. The number of alkyl halides is 1. The quantitative estimate of drug-likeness (QED) is 0.565. The van der Waals surface area contributed by atoms with Gasteiger partial charge < -0.3 is 5.32 Å². The van der Waals surface area contributed by atoms with E-state index in [2.05, 4.69) is 21.2 Å². The van der Waals surface area contributed by atoms with Gasteiger partial charge in [-0.1, -0.05) is 28.8 Å². The summed E-state index contributed by atoms with van der Waals surface area (Å²) >= 11 is 5.60. The van der Waals surface area contributed by atoms with Crippen LogP contribution in [-0.4, -0.2) is 16.8 Å². The third-order valence-electron chi connectivity index (χ3n) is 3.17. The summed E-state index contributed by atoms with van der Waals surface area (Å²) in [5.41, 5.74) is 0.544. The van der Waals surface area contributed by atoms with Crippen LogP contribution in [0.3, 0.4) is 0 Å². The van der Waals surface area contributed by atoms with Crippen molar-refractivity contribution in [2.24, 2.45) is 0 Å². The van der Waals surface area contributed by atoms with Crippen molar-refractivity contribution in [1.82, 2.24) is 5.32 Å². The Hall–Kier alpha value is -0.170. The van der Waals surface area contributed by atoms with Crippen molar-refractivity contribution >= 4 is 44.4 Å². The zero-order chi connectivity index (χ0) is 13.1. The number of carbonyl (C=O) groups excluding carboxylic acids is 1. The number of benzene rings is 1. The van der Waals surface area contributed by atoms with Crippen LogP contribution in [0.15, 0.2) is 18.2 Å². The maximum Gasteiger partial charge on any atom is 0.252 e. The molecule has 18 heavy (non-hydrogen) atoms. The molecule has 2 rings (SSSR count). The van der Waals surface area contributed by atoms with Crippen LogP contribution in [0.4, 0.5) is 4.39 Å². The van der Waals surface area contributed by atoms with E-state index in [4.69, 9.17) is 0 Å². The highest BCUT2D eigenvalue weighted by atomic mass is 127. The normalized spacial score (nSPS) is 23.7. The Balaban J connectivity index is 2.07. The molecule has 1 aliphatic carbocycles. The van der Waals surface area contributed by atoms with E-state index in [0.29, 0.717) is 14.0 Å². The van der Waals surface area contributed by atoms with E-state index in [1.807, 2.05) is 22.6 Å². The van der Waals surface area contributed by atoms with Gasteiger partial charge in [0.2, 0.25) is 0 Å². The monoisotopic (exact) mass is 425 g/mol. The lowest BCUT2D eigenvalue weighted by atomic mass is 9.95. The summed E-state index contributed by atoms with van der Waals surface area (Å²) in [6.07, 6.45) is 4.44. The van der Waals surface area contributed by atoms with Crippen molar-refractivity contribution in [2.75, 3.05) is 0 Å². The molecule has 98 valence electrons. The van der Waals surface area contributed by atoms with Crippen molar-refractivity contribution in [3.05, 3.63) is 33.1 Å². The van der Waals surface area contributed by atoms with Gasteiger partial charge in [0.1, 0.15) is 5.82 Å². The minimum Gasteiger partial charge on any atom is -0.348 e. The average molecular weight is 426 g/mol. The van der Waals surface area contributed by atoms with Crippen molar-refractivity contribution in [1.29, 1.82) is 0 Å². The Bertz CT molecular complexity index is 455. The zero-order valence-electron chi connectivity index (χ0n) is 9.76. The first-order valence-electron chi connectivity index (χ1n) is 5.98. The van der Waals surface area contributed by atoms with Gasteiger partial charge in [-0.05, 0) is 53.6 Å². The van der Waals surface area contributed by atoms with Crippen molar-refractivity contribution in [2.45, 2.75) is 36.6 Å². The van der Waals surface area contributed by atoms with Crippen LogP contribution in [-0.2, 0) is 0 Å². The molecule has 0 spiro atoms. The molecule has 2 atom stereocenters. The van der Waals surface area contributed by atoms with Crippen molar-refractivity contribution in [3.8, 4) is 0 Å². The predicted octanol–water partition coefficient (Wildman–Crippen LogP) is 3.87.